The zero-order valence-corrected chi connectivity index (χ0v) is 17.7. The van der Waals surface area contributed by atoms with Crippen LogP contribution in [0.15, 0.2) is 60.8 Å². The van der Waals surface area contributed by atoms with Crippen molar-refractivity contribution in [1.82, 2.24) is 14.7 Å². The number of benzene rings is 2. The molecule has 0 atom stereocenters. The molecule has 168 valence electrons. The van der Waals surface area contributed by atoms with Crippen molar-refractivity contribution in [2.24, 2.45) is 0 Å². The highest BCUT2D eigenvalue weighted by Crippen LogP contribution is 2.30. The molecule has 8 heteroatoms. The van der Waals surface area contributed by atoms with E-state index in [2.05, 4.69) is 5.10 Å². The number of carbonyl (C=O) groups is 1. The van der Waals surface area contributed by atoms with Gasteiger partial charge in [0.1, 0.15) is 0 Å². The van der Waals surface area contributed by atoms with Gasteiger partial charge in [-0.3, -0.25) is 4.79 Å². The first-order chi connectivity index (χ1) is 15.3. The first-order valence-electron chi connectivity index (χ1n) is 10.5. The van der Waals surface area contributed by atoms with Crippen LogP contribution in [0.5, 0.6) is 0 Å². The first kappa shape index (κ1) is 22.1. The first-order valence-corrected chi connectivity index (χ1v) is 10.5. The van der Waals surface area contributed by atoms with Gasteiger partial charge in [-0.2, -0.15) is 18.3 Å². The Bertz CT molecular complexity index is 1070. The van der Waals surface area contributed by atoms with Crippen LogP contribution < -0.4 is 0 Å². The lowest BCUT2D eigenvalue weighted by atomic mass is 10.1. The van der Waals surface area contributed by atoms with Crippen molar-refractivity contribution in [3.05, 3.63) is 83.2 Å². The van der Waals surface area contributed by atoms with Gasteiger partial charge in [-0.1, -0.05) is 36.4 Å². The van der Waals surface area contributed by atoms with Crippen molar-refractivity contribution in [1.29, 1.82) is 0 Å². The van der Waals surface area contributed by atoms with E-state index in [1.807, 2.05) is 30.3 Å². The number of aromatic nitrogens is 2. The van der Waals surface area contributed by atoms with Crippen LogP contribution in [0.25, 0.3) is 5.69 Å². The molecule has 3 aromatic rings. The second-order valence-electron chi connectivity index (χ2n) is 7.89. The van der Waals surface area contributed by atoms with Crippen molar-refractivity contribution in [3.63, 3.8) is 0 Å². The van der Waals surface area contributed by atoms with Crippen LogP contribution in [0.1, 0.15) is 40.0 Å². The number of nitrogens with zero attached hydrogens (tertiary/aromatic N) is 3. The number of rotatable bonds is 5. The molecule has 0 radical (unpaired) electrons. The number of alkyl halides is 3. The van der Waals surface area contributed by atoms with E-state index in [-0.39, 0.29) is 17.7 Å². The Labute approximate surface area is 184 Å². The van der Waals surface area contributed by atoms with Crippen molar-refractivity contribution in [2.45, 2.75) is 38.7 Å². The minimum Gasteiger partial charge on any atom is -0.373 e. The molecule has 0 unspecified atom stereocenters. The van der Waals surface area contributed by atoms with E-state index in [9.17, 15) is 18.0 Å². The fourth-order valence-electron chi connectivity index (χ4n) is 3.88. The molecule has 0 saturated carbocycles. The quantitative estimate of drug-likeness (QED) is 0.556. The third-order valence-corrected chi connectivity index (χ3v) is 5.72. The summed E-state index contributed by atoms with van der Waals surface area (Å²) in [6, 6.07) is 14.9. The van der Waals surface area contributed by atoms with Crippen LogP contribution in [0, 0.1) is 6.92 Å². The normalized spacial score (nSPS) is 15.2. The van der Waals surface area contributed by atoms with Gasteiger partial charge >= 0.3 is 6.18 Å². The summed E-state index contributed by atoms with van der Waals surface area (Å²) < 4.78 is 46.5. The Morgan fingerprint density at radius 2 is 1.81 bits per heavy atom. The minimum absolute atomic E-state index is 0.0909. The Balaban J connectivity index is 1.39. The Morgan fingerprint density at radius 3 is 2.50 bits per heavy atom. The highest BCUT2D eigenvalue weighted by Gasteiger charge is 2.31. The third kappa shape index (κ3) is 4.85. The van der Waals surface area contributed by atoms with Gasteiger partial charge < -0.3 is 9.64 Å². The fraction of sp³-hybridized carbons (Fsp3) is 0.333. The highest BCUT2D eigenvalue weighted by atomic mass is 19.4. The van der Waals surface area contributed by atoms with Crippen LogP contribution in [0.2, 0.25) is 0 Å². The summed E-state index contributed by atoms with van der Waals surface area (Å²) in [5, 5.41) is 4.18. The second kappa shape index (κ2) is 9.16. The van der Waals surface area contributed by atoms with Crippen molar-refractivity contribution >= 4 is 5.91 Å². The van der Waals surface area contributed by atoms with Crippen molar-refractivity contribution < 1.29 is 22.7 Å². The second-order valence-corrected chi connectivity index (χ2v) is 7.89. The molecule has 0 aliphatic carbocycles. The van der Waals surface area contributed by atoms with Crippen LogP contribution in [-0.2, 0) is 17.5 Å². The molecule has 1 aliphatic rings. The predicted molar refractivity (Wildman–Crippen MR) is 113 cm³/mol. The van der Waals surface area contributed by atoms with E-state index in [4.69, 9.17) is 4.74 Å². The zero-order chi connectivity index (χ0) is 22.7. The molecule has 1 aliphatic heterocycles. The fourth-order valence-corrected chi connectivity index (χ4v) is 3.88. The SMILES string of the molecule is Cc1c(C(=O)N2CCC(OCc3ccccc3)CC2)cnn1-c1cccc(C(F)(F)F)c1. The van der Waals surface area contributed by atoms with Gasteiger partial charge in [0.2, 0.25) is 0 Å². The Morgan fingerprint density at radius 1 is 1.09 bits per heavy atom. The molecule has 4 rings (SSSR count). The highest BCUT2D eigenvalue weighted by molar-refractivity contribution is 5.95. The van der Waals surface area contributed by atoms with Crippen LogP contribution >= 0.6 is 0 Å². The average Bonchev–Trinajstić information content (AvgIpc) is 3.19. The van der Waals surface area contributed by atoms with Gasteiger partial charge in [0.05, 0.1) is 41.4 Å². The van der Waals surface area contributed by atoms with E-state index in [0.717, 1.165) is 30.5 Å². The number of piperidine rings is 1. The number of hydrogen-bond acceptors (Lipinski definition) is 3. The molecule has 0 N–H and O–H groups in total. The van der Waals surface area contributed by atoms with Gasteiger partial charge in [-0.25, -0.2) is 4.68 Å². The van der Waals surface area contributed by atoms with Gasteiger partial charge in [0.25, 0.3) is 5.91 Å². The molecule has 1 fully saturated rings. The summed E-state index contributed by atoms with van der Waals surface area (Å²) in [5.74, 6) is -0.165. The van der Waals surface area contributed by atoms with Gasteiger partial charge in [-0.15, -0.1) is 0 Å². The average molecular weight is 443 g/mol. The molecule has 1 saturated heterocycles. The third-order valence-electron chi connectivity index (χ3n) is 5.72. The van der Waals surface area contributed by atoms with E-state index in [1.54, 1.807) is 17.9 Å². The number of likely N-dealkylation sites (tertiary alicyclic amines) is 1. The lowest BCUT2D eigenvalue weighted by Gasteiger charge is -2.32. The molecule has 1 amide bonds. The van der Waals surface area contributed by atoms with Crippen molar-refractivity contribution in [3.8, 4) is 5.69 Å². The van der Waals surface area contributed by atoms with Gasteiger partial charge in [0.15, 0.2) is 0 Å². The monoisotopic (exact) mass is 443 g/mol. The summed E-state index contributed by atoms with van der Waals surface area (Å²) >= 11 is 0. The summed E-state index contributed by atoms with van der Waals surface area (Å²) in [4.78, 5) is 14.8. The molecule has 32 heavy (non-hydrogen) atoms. The Hall–Kier alpha value is -3.13. The Kier molecular flexibility index (Phi) is 6.32. The maximum absolute atomic E-state index is 13.0. The molecule has 5 nitrogen and oxygen atoms in total. The largest absolute Gasteiger partial charge is 0.416 e. The molecule has 2 aromatic carbocycles. The molecular weight excluding hydrogens is 419 g/mol. The summed E-state index contributed by atoms with van der Waals surface area (Å²) in [6.45, 7) is 3.36. The van der Waals surface area contributed by atoms with E-state index >= 15 is 0 Å². The van der Waals surface area contributed by atoms with Crippen LogP contribution in [0.3, 0.4) is 0 Å². The molecule has 2 heterocycles. The zero-order valence-electron chi connectivity index (χ0n) is 17.7. The molecule has 1 aromatic heterocycles. The predicted octanol–water partition coefficient (Wildman–Crippen LogP) is 5.02. The standard InChI is InChI=1S/C24H24F3N3O2/c1-17-22(15-28-30(17)20-9-5-8-19(14-20)24(25,26)27)23(31)29-12-10-21(11-13-29)32-16-18-6-3-2-4-7-18/h2-9,14-15,21H,10-13,16H2,1H3. The number of ether oxygens (including phenoxy) is 1. The summed E-state index contributed by atoms with van der Waals surface area (Å²) in [7, 11) is 0. The minimum atomic E-state index is -4.44. The van der Waals surface area contributed by atoms with E-state index in [0.29, 0.717) is 31.0 Å². The summed E-state index contributed by atoms with van der Waals surface area (Å²) in [5.41, 5.74) is 1.53. The van der Waals surface area contributed by atoms with Crippen molar-refractivity contribution in [2.75, 3.05) is 13.1 Å². The van der Waals surface area contributed by atoms with E-state index < -0.39 is 11.7 Å². The lowest BCUT2D eigenvalue weighted by molar-refractivity contribution is -0.137. The smallest absolute Gasteiger partial charge is 0.373 e. The van der Waals surface area contributed by atoms with E-state index in [1.165, 1.54) is 16.9 Å². The number of hydrogen-bond donors (Lipinski definition) is 0. The summed E-state index contributed by atoms with van der Waals surface area (Å²) in [6.07, 6.45) is -1.45. The van der Waals surface area contributed by atoms with Crippen LogP contribution in [0.4, 0.5) is 13.2 Å². The van der Waals surface area contributed by atoms with Gasteiger partial charge in [0, 0.05) is 13.1 Å². The lowest BCUT2D eigenvalue weighted by Crippen LogP contribution is -2.41. The van der Waals surface area contributed by atoms with Gasteiger partial charge in [-0.05, 0) is 43.5 Å². The van der Waals surface area contributed by atoms with Crippen LogP contribution in [-0.4, -0.2) is 39.8 Å². The topological polar surface area (TPSA) is 47.4 Å². The molecular formula is C24H24F3N3O2. The molecule has 0 spiro atoms. The number of halogens is 3. The number of carbonyl (C=O) groups excluding carboxylic acids is 1. The number of amides is 1. The maximum Gasteiger partial charge on any atom is 0.416 e. The molecule has 0 bridgehead atoms. The maximum atomic E-state index is 13.0.